The molecule has 110 valence electrons. The number of piperidine rings is 1. The maximum Gasteiger partial charge on any atom is 0.161 e. The van der Waals surface area contributed by atoms with Gasteiger partial charge in [0.2, 0.25) is 0 Å². The van der Waals surface area contributed by atoms with Gasteiger partial charge in [0.25, 0.3) is 0 Å². The van der Waals surface area contributed by atoms with Crippen molar-refractivity contribution < 1.29 is 14.3 Å². The van der Waals surface area contributed by atoms with E-state index in [1.807, 2.05) is 0 Å². The molecule has 0 spiro atoms. The van der Waals surface area contributed by atoms with Crippen molar-refractivity contribution in [3.05, 3.63) is 23.8 Å². The highest BCUT2D eigenvalue weighted by Crippen LogP contribution is 2.27. The Bertz CT molecular complexity index is 447. The maximum absolute atomic E-state index is 10.7. The van der Waals surface area contributed by atoms with Gasteiger partial charge in [0, 0.05) is 18.2 Å². The second-order valence-electron chi connectivity index (χ2n) is 5.26. The fraction of sp³-hybridized carbons (Fsp3) is 0.562. The first-order valence-electron chi connectivity index (χ1n) is 7.24. The summed E-state index contributed by atoms with van der Waals surface area (Å²) >= 11 is 0. The van der Waals surface area contributed by atoms with Crippen LogP contribution in [0, 0.1) is 0 Å². The molecule has 0 radical (unpaired) electrons. The zero-order chi connectivity index (χ0) is 14.4. The van der Waals surface area contributed by atoms with Gasteiger partial charge < -0.3 is 9.47 Å². The number of hydrogen-bond donors (Lipinski definition) is 0. The summed E-state index contributed by atoms with van der Waals surface area (Å²) in [5.41, 5.74) is 0.596. The molecule has 0 bridgehead atoms. The fourth-order valence-corrected chi connectivity index (χ4v) is 2.64. The number of aldehydes is 1. The van der Waals surface area contributed by atoms with Crippen molar-refractivity contribution in [3.63, 3.8) is 0 Å². The van der Waals surface area contributed by atoms with E-state index in [0.717, 1.165) is 19.4 Å². The summed E-state index contributed by atoms with van der Waals surface area (Å²) in [6.07, 6.45) is 4.69. The van der Waals surface area contributed by atoms with Gasteiger partial charge in [-0.2, -0.15) is 0 Å². The first-order chi connectivity index (χ1) is 9.74. The van der Waals surface area contributed by atoms with Crippen molar-refractivity contribution in [1.29, 1.82) is 0 Å². The number of methoxy groups -OCH3 is 1. The Kier molecular flexibility index (Phi) is 5.41. The van der Waals surface area contributed by atoms with Crippen LogP contribution in [0.5, 0.6) is 11.5 Å². The minimum absolute atomic E-state index is 0.596. The molecule has 1 unspecified atom stereocenters. The number of carbonyl (C=O) groups is 1. The van der Waals surface area contributed by atoms with Crippen LogP contribution >= 0.6 is 0 Å². The Hall–Kier alpha value is -1.55. The smallest absolute Gasteiger partial charge is 0.161 e. The topological polar surface area (TPSA) is 38.8 Å². The molecule has 20 heavy (non-hydrogen) atoms. The molecule has 0 aromatic heterocycles. The number of carbonyl (C=O) groups excluding carboxylic acids is 1. The third-order valence-corrected chi connectivity index (χ3v) is 3.90. The molecule has 0 aliphatic carbocycles. The van der Waals surface area contributed by atoms with Gasteiger partial charge in [-0.3, -0.25) is 9.69 Å². The first-order valence-corrected chi connectivity index (χ1v) is 7.24. The van der Waals surface area contributed by atoms with E-state index < -0.39 is 0 Å². The zero-order valence-corrected chi connectivity index (χ0v) is 12.3. The van der Waals surface area contributed by atoms with Gasteiger partial charge in [0.15, 0.2) is 11.5 Å². The second kappa shape index (κ2) is 7.29. The van der Waals surface area contributed by atoms with Crippen LogP contribution in [0.25, 0.3) is 0 Å². The Morgan fingerprint density at radius 1 is 1.35 bits per heavy atom. The molecule has 4 heteroatoms. The summed E-state index contributed by atoms with van der Waals surface area (Å²) in [4.78, 5) is 13.2. The summed E-state index contributed by atoms with van der Waals surface area (Å²) in [5, 5.41) is 0. The highest BCUT2D eigenvalue weighted by molar-refractivity contribution is 5.76. The lowest BCUT2D eigenvalue weighted by molar-refractivity contribution is 0.112. The number of likely N-dealkylation sites (tertiary alicyclic amines) is 1. The average molecular weight is 277 g/mol. The van der Waals surface area contributed by atoms with Gasteiger partial charge in [0.05, 0.1) is 7.11 Å². The van der Waals surface area contributed by atoms with E-state index in [4.69, 9.17) is 9.47 Å². The maximum atomic E-state index is 10.7. The summed E-state index contributed by atoms with van der Waals surface area (Å²) in [7, 11) is 1.59. The van der Waals surface area contributed by atoms with Gasteiger partial charge in [-0.25, -0.2) is 0 Å². The molecule has 1 heterocycles. The largest absolute Gasteiger partial charge is 0.493 e. The Balaban J connectivity index is 1.88. The van der Waals surface area contributed by atoms with Crippen molar-refractivity contribution in [2.45, 2.75) is 32.2 Å². The third-order valence-electron chi connectivity index (χ3n) is 3.90. The predicted octanol–water partition coefficient (Wildman–Crippen LogP) is 2.76. The summed E-state index contributed by atoms with van der Waals surface area (Å²) < 4.78 is 11.0. The van der Waals surface area contributed by atoms with E-state index >= 15 is 0 Å². The zero-order valence-electron chi connectivity index (χ0n) is 12.3. The fourth-order valence-electron chi connectivity index (χ4n) is 2.64. The van der Waals surface area contributed by atoms with Crippen LogP contribution in [0.15, 0.2) is 18.2 Å². The monoisotopic (exact) mass is 277 g/mol. The van der Waals surface area contributed by atoms with Crippen LogP contribution in [-0.4, -0.2) is 44.0 Å². The normalized spacial score (nSPS) is 19.6. The standard InChI is InChI=1S/C16H23NO3/c1-13-5-3-4-8-17(13)9-10-20-15-7-6-14(12-18)11-16(15)19-2/h6-7,11-13H,3-5,8-10H2,1-2H3. The molecule has 1 aliphatic rings. The number of ether oxygens (including phenoxy) is 2. The highest BCUT2D eigenvalue weighted by atomic mass is 16.5. The molecular formula is C16H23NO3. The lowest BCUT2D eigenvalue weighted by Gasteiger charge is -2.33. The van der Waals surface area contributed by atoms with Crippen molar-refractivity contribution >= 4 is 6.29 Å². The van der Waals surface area contributed by atoms with Crippen LogP contribution in [0.4, 0.5) is 0 Å². The van der Waals surface area contributed by atoms with Crippen molar-refractivity contribution in [2.24, 2.45) is 0 Å². The van der Waals surface area contributed by atoms with Crippen LogP contribution < -0.4 is 9.47 Å². The number of rotatable bonds is 6. The van der Waals surface area contributed by atoms with E-state index in [2.05, 4.69) is 11.8 Å². The van der Waals surface area contributed by atoms with Crippen LogP contribution in [0.3, 0.4) is 0 Å². The predicted molar refractivity (Wildman–Crippen MR) is 78.8 cm³/mol. The van der Waals surface area contributed by atoms with Crippen molar-refractivity contribution in [3.8, 4) is 11.5 Å². The van der Waals surface area contributed by atoms with E-state index in [9.17, 15) is 4.79 Å². The van der Waals surface area contributed by atoms with Crippen LogP contribution in [-0.2, 0) is 0 Å². The minimum Gasteiger partial charge on any atom is -0.493 e. The van der Waals surface area contributed by atoms with E-state index in [1.165, 1.54) is 19.3 Å². The summed E-state index contributed by atoms with van der Waals surface area (Å²) in [6, 6.07) is 5.88. The van der Waals surface area contributed by atoms with Gasteiger partial charge >= 0.3 is 0 Å². The minimum atomic E-state index is 0.596. The Morgan fingerprint density at radius 3 is 2.90 bits per heavy atom. The first kappa shape index (κ1) is 14.9. The molecule has 0 N–H and O–H groups in total. The molecule has 0 saturated carbocycles. The van der Waals surface area contributed by atoms with E-state index in [1.54, 1.807) is 25.3 Å². The van der Waals surface area contributed by atoms with E-state index in [-0.39, 0.29) is 0 Å². The number of nitrogens with zero attached hydrogens (tertiary/aromatic N) is 1. The molecule has 0 amide bonds. The highest BCUT2D eigenvalue weighted by Gasteiger charge is 2.17. The molecule has 1 saturated heterocycles. The van der Waals surface area contributed by atoms with Gasteiger partial charge in [-0.15, -0.1) is 0 Å². The molecule has 1 atom stereocenters. The molecular weight excluding hydrogens is 254 g/mol. The molecule has 1 fully saturated rings. The summed E-state index contributed by atoms with van der Waals surface area (Å²) in [5.74, 6) is 1.31. The second-order valence-corrected chi connectivity index (χ2v) is 5.26. The molecule has 1 aromatic rings. The Morgan fingerprint density at radius 2 is 2.20 bits per heavy atom. The molecule has 1 aromatic carbocycles. The summed E-state index contributed by atoms with van der Waals surface area (Å²) in [6.45, 7) is 5.01. The van der Waals surface area contributed by atoms with Crippen molar-refractivity contribution in [2.75, 3.05) is 26.8 Å². The molecule has 1 aliphatic heterocycles. The lowest BCUT2D eigenvalue weighted by atomic mass is 10.0. The van der Waals surface area contributed by atoms with Crippen molar-refractivity contribution in [1.82, 2.24) is 4.90 Å². The average Bonchev–Trinajstić information content (AvgIpc) is 2.49. The van der Waals surface area contributed by atoms with E-state index in [0.29, 0.717) is 29.7 Å². The molecule has 2 rings (SSSR count). The SMILES string of the molecule is COc1cc(C=O)ccc1OCCN1CCCCC1C. The molecule has 4 nitrogen and oxygen atoms in total. The van der Waals surface area contributed by atoms with Gasteiger partial charge in [-0.05, 0) is 44.5 Å². The van der Waals surface area contributed by atoms with Crippen LogP contribution in [0.2, 0.25) is 0 Å². The van der Waals surface area contributed by atoms with Crippen LogP contribution in [0.1, 0.15) is 36.5 Å². The Labute approximate surface area is 120 Å². The van der Waals surface area contributed by atoms with Gasteiger partial charge in [0.1, 0.15) is 12.9 Å². The third kappa shape index (κ3) is 3.73. The quantitative estimate of drug-likeness (QED) is 0.749. The number of hydrogen-bond acceptors (Lipinski definition) is 4. The number of benzene rings is 1. The van der Waals surface area contributed by atoms with Gasteiger partial charge in [-0.1, -0.05) is 6.42 Å². The lowest BCUT2D eigenvalue weighted by Crippen LogP contribution is -2.39.